The molecule has 9 heteroatoms. The number of rotatable bonds is 11. The molecular formula is C28H40N2O6S. The minimum atomic E-state index is -1.14. The van der Waals surface area contributed by atoms with Crippen LogP contribution in [0.25, 0.3) is 0 Å². The van der Waals surface area contributed by atoms with E-state index >= 15 is 0 Å². The second-order valence-electron chi connectivity index (χ2n) is 10.5. The number of benzene rings is 1. The molecule has 0 aromatic heterocycles. The highest BCUT2D eigenvalue weighted by molar-refractivity contribution is 8.14. The van der Waals surface area contributed by atoms with Gasteiger partial charge in [0.15, 0.2) is 5.12 Å². The van der Waals surface area contributed by atoms with Crippen LogP contribution in [-0.2, 0) is 30.3 Å². The monoisotopic (exact) mass is 532 g/mol. The number of carbonyl (C=O) groups excluding carboxylic acids is 4. The summed E-state index contributed by atoms with van der Waals surface area (Å²) in [5, 5.41) is 14.9. The fraction of sp³-hybridized carbons (Fsp3) is 0.643. The Morgan fingerprint density at radius 2 is 1.68 bits per heavy atom. The van der Waals surface area contributed by atoms with Gasteiger partial charge in [-0.25, -0.2) is 4.79 Å². The van der Waals surface area contributed by atoms with Crippen LogP contribution in [0.2, 0.25) is 0 Å². The number of esters is 1. The van der Waals surface area contributed by atoms with Gasteiger partial charge in [0.2, 0.25) is 11.8 Å². The van der Waals surface area contributed by atoms with Gasteiger partial charge in [0.25, 0.3) is 0 Å². The third-order valence-corrected chi connectivity index (χ3v) is 8.88. The Hall–Kier alpha value is -2.55. The van der Waals surface area contributed by atoms with Crippen LogP contribution in [0.15, 0.2) is 24.3 Å². The van der Waals surface area contributed by atoms with E-state index in [0.29, 0.717) is 12.8 Å². The molecule has 3 rings (SSSR count). The van der Waals surface area contributed by atoms with Gasteiger partial charge in [-0.15, -0.1) is 0 Å². The topological polar surface area (TPSA) is 122 Å². The molecule has 0 radical (unpaired) electrons. The lowest BCUT2D eigenvalue weighted by Crippen LogP contribution is -2.61. The fourth-order valence-corrected chi connectivity index (χ4v) is 6.29. The Morgan fingerprint density at radius 1 is 1.05 bits per heavy atom. The number of aromatic hydroxyl groups is 1. The predicted molar refractivity (Wildman–Crippen MR) is 143 cm³/mol. The lowest BCUT2D eigenvalue weighted by Gasteiger charge is -2.33. The first-order valence-corrected chi connectivity index (χ1v) is 14.3. The SMILES string of the molecule is CCOC(=O)[C@H](Cc1ccc(O)cc1)NC(=O)C1(NC(=O)[C@@H](SC(=O)C2CCCC2)C(C)C)CCCC1. The lowest BCUT2D eigenvalue weighted by molar-refractivity contribution is -0.148. The van der Waals surface area contributed by atoms with E-state index < -0.39 is 28.7 Å². The third kappa shape index (κ3) is 7.72. The zero-order valence-corrected chi connectivity index (χ0v) is 22.9. The van der Waals surface area contributed by atoms with Crippen molar-refractivity contribution in [3.63, 3.8) is 0 Å². The van der Waals surface area contributed by atoms with Crippen LogP contribution in [0.1, 0.15) is 77.7 Å². The van der Waals surface area contributed by atoms with E-state index in [0.717, 1.165) is 55.9 Å². The molecule has 37 heavy (non-hydrogen) atoms. The summed E-state index contributed by atoms with van der Waals surface area (Å²) < 4.78 is 5.21. The number of carbonyl (C=O) groups is 4. The van der Waals surface area contributed by atoms with E-state index in [2.05, 4.69) is 10.6 Å². The zero-order chi connectivity index (χ0) is 27.0. The molecule has 1 aromatic rings. The fourth-order valence-electron chi connectivity index (χ4n) is 5.17. The van der Waals surface area contributed by atoms with Gasteiger partial charge in [-0.3, -0.25) is 14.4 Å². The second kappa shape index (κ2) is 13.3. The summed E-state index contributed by atoms with van der Waals surface area (Å²) in [5.41, 5.74) is -0.386. The average Bonchev–Trinajstić information content (AvgIpc) is 3.56. The summed E-state index contributed by atoms with van der Waals surface area (Å²) in [6.07, 6.45) is 6.51. The summed E-state index contributed by atoms with van der Waals surface area (Å²) in [6, 6.07) is 5.48. The highest BCUT2D eigenvalue weighted by Crippen LogP contribution is 2.35. The molecule has 8 nitrogen and oxygen atoms in total. The minimum Gasteiger partial charge on any atom is -0.508 e. The maximum Gasteiger partial charge on any atom is 0.328 e. The van der Waals surface area contributed by atoms with Gasteiger partial charge in [0.05, 0.1) is 11.9 Å². The summed E-state index contributed by atoms with van der Waals surface area (Å²) in [6.45, 7) is 5.70. The predicted octanol–water partition coefficient (Wildman–Crippen LogP) is 3.89. The van der Waals surface area contributed by atoms with Gasteiger partial charge >= 0.3 is 5.97 Å². The lowest BCUT2D eigenvalue weighted by atomic mass is 9.94. The summed E-state index contributed by atoms with van der Waals surface area (Å²) >= 11 is 1.10. The van der Waals surface area contributed by atoms with Crippen molar-refractivity contribution >= 4 is 34.7 Å². The van der Waals surface area contributed by atoms with E-state index in [-0.39, 0.29) is 41.6 Å². The molecule has 3 N–H and O–H groups in total. The number of amides is 2. The van der Waals surface area contributed by atoms with Crippen LogP contribution >= 0.6 is 11.8 Å². The minimum absolute atomic E-state index is 0.00743. The molecule has 2 amide bonds. The number of hydrogen-bond acceptors (Lipinski definition) is 7. The molecule has 0 unspecified atom stereocenters. The van der Waals surface area contributed by atoms with Crippen molar-refractivity contribution in [2.45, 2.75) is 95.4 Å². The van der Waals surface area contributed by atoms with Gasteiger partial charge in [-0.1, -0.05) is 63.4 Å². The largest absolute Gasteiger partial charge is 0.508 e. The van der Waals surface area contributed by atoms with Gasteiger partial charge in [0.1, 0.15) is 17.3 Å². The highest BCUT2D eigenvalue weighted by Gasteiger charge is 2.45. The van der Waals surface area contributed by atoms with Crippen molar-refractivity contribution in [3.8, 4) is 5.75 Å². The first-order valence-electron chi connectivity index (χ1n) is 13.4. The van der Waals surface area contributed by atoms with E-state index in [1.54, 1.807) is 19.1 Å². The first kappa shape index (κ1) is 29.0. The van der Waals surface area contributed by atoms with Crippen LogP contribution in [0.3, 0.4) is 0 Å². The smallest absolute Gasteiger partial charge is 0.328 e. The summed E-state index contributed by atoms with van der Waals surface area (Å²) in [4.78, 5) is 52.7. The Labute approximate surface area is 223 Å². The van der Waals surface area contributed by atoms with E-state index in [4.69, 9.17) is 4.74 Å². The number of phenolic OH excluding ortho intramolecular Hbond substituents is 1. The van der Waals surface area contributed by atoms with E-state index in [9.17, 15) is 24.3 Å². The number of thioether (sulfide) groups is 1. The molecule has 2 aliphatic carbocycles. The molecule has 2 aliphatic rings. The molecular weight excluding hydrogens is 492 g/mol. The van der Waals surface area contributed by atoms with Crippen LogP contribution in [0.5, 0.6) is 5.75 Å². The van der Waals surface area contributed by atoms with Crippen molar-refractivity contribution in [1.29, 1.82) is 0 Å². The average molecular weight is 533 g/mol. The molecule has 2 saturated carbocycles. The molecule has 0 saturated heterocycles. The second-order valence-corrected chi connectivity index (χ2v) is 11.7. The van der Waals surface area contributed by atoms with Gasteiger partial charge in [-0.2, -0.15) is 0 Å². The molecule has 2 fully saturated rings. The molecule has 204 valence electrons. The van der Waals surface area contributed by atoms with E-state index in [1.165, 1.54) is 12.1 Å². The molecule has 0 heterocycles. The molecule has 0 aliphatic heterocycles. The van der Waals surface area contributed by atoms with Crippen molar-refractivity contribution in [2.24, 2.45) is 11.8 Å². The van der Waals surface area contributed by atoms with E-state index in [1.807, 2.05) is 13.8 Å². The highest BCUT2D eigenvalue weighted by atomic mass is 32.2. The maximum atomic E-state index is 13.6. The van der Waals surface area contributed by atoms with Gasteiger partial charge in [-0.05, 0) is 56.2 Å². The third-order valence-electron chi connectivity index (χ3n) is 7.30. The summed E-state index contributed by atoms with van der Waals surface area (Å²) in [7, 11) is 0. The van der Waals surface area contributed by atoms with Crippen LogP contribution in [-0.4, -0.2) is 51.4 Å². The van der Waals surface area contributed by atoms with Crippen molar-refractivity contribution in [3.05, 3.63) is 29.8 Å². The van der Waals surface area contributed by atoms with Crippen molar-refractivity contribution in [2.75, 3.05) is 6.61 Å². The standard InChI is InChI=1S/C28H40N2O6S/c1-4-36-25(33)22(17-19-11-13-21(31)14-12-19)29-27(35)28(15-7-8-16-28)30-24(32)23(18(2)3)37-26(34)20-9-5-6-10-20/h11-14,18,20,22-23,31H,4-10,15-17H2,1-3H3,(H,29,35)(H,30,32)/t22-,23-/m0/s1. The molecule has 0 spiro atoms. The Morgan fingerprint density at radius 3 is 2.24 bits per heavy atom. The molecule has 2 atom stereocenters. The quantitative estimate of drug-likeness (QED) is 0.370. The zero-order valence-electron chi connectivity index (χ0n) is 22.1. The molecule has 0 bridgehead atoms. The van der Waals surface area contributed by atoms with Gasteiger partial charge in [0, 0.05) is 12.3 Å². The Kier molecular flexibility index (Phi) is 10.4. The van der Waals surface area contributed by atoms with Crippen LogP contribution < -0.4 is 10.6 Å². The number of nitrogens with one attached hydrogen (secondary N) is 2. The van der Waals surface area contributed by atoms with Crippen LogP contribution in [0, 0.1) is 11.8 Å². The number of phenols is 1. The number of hydrogen-bond donors (Lipinski definition) is 3. The Balaban J connectivity index is 1.74. The maximum absolute atomic E-state index is 13.6. The van der Waals surface area contributed by atoms with Crippen LogP contribution in [0.4, 0.5) is 0 Å². The van der Waals surface area contributed by atoms with Crippen molar-refractivity contribution < 1.29 is 29.0 Å². The number of ether oxygens (including phenoxy) is 1. The first-order chi connectivity index (χ1) is 17.6. The Bertz CT molecular complexity index is 952. The normalized spacial score (nSPS) is 18.8. The summed E-state index contributed by atoms with van der Waals surface area (Å²) in [5.74, 6) is -1.25. The van der Waals surface area contributed by atoms with Gasteiger partial charge < -0.3 is 20.5 Å². The molecule has 1 aromatic carbocycles. The van der Waals surface area contributed by atoms with Crippen molar-refractivity contribution in [1.82, 2.24) is 10.6 Å².